The van der Waals surface area contributed by atoms with Gasteiger partial charge in [0.1, 0.15) is 5.82 Å². The molecule has 1 N–H and O–H groups in total. The Morgan fingerprint density at radius 2 is 1.77 bits per heavy atom. The summed E-state index contributed by atoms with van der Waals surface area (Å²) in [7, 11) is -3.27. The van der Waals surface area contributed by atoms with Crippen LogP contribution in [0.1, 0.15) is 59.0 Å². The quantitative estimate of drug-likeness (QED) is 0.555. The van der Waals surface area contributed by atoms with Crippen molar-refractivity contribution in [3.63, 3.8) is 0 Å². The average molecular weight is 492 g/mol. The van der Waals surface area contributed by atoms with E-state index in [9.17, 15) is 18.0 Å². The molecule has 1 unspecified atom stereocenters. The van der Waals surface area contributed by atoms with Gasteiger partial charge in [-0.05, 0) is 81.1 Å². The van der Waals surface area contributed by atoms with Crippen molar-refractivity contribution in [1.82, 2.24) is 9.97 Å². The number of nitrogens with zero attached hydrogens (tertiary/aromatic N) is 2. The molecule has 182 valence electrons. The summed E-state index contributed by atoms with van der Waals surface area (Å²) in [4.78, 5) is 35.2. The van der Waals surface area contributed by atoms with Gasteiger partial charge in [0.05, 0.1) is 28.2 Å². The first-order valence-corrected chi connectivity index (χ1v) is 13.3. The van der Waals surface area contributed by atoms with E-state index in [-0.39, 0.29) is 28.8 Å². The van der Waals surface area contributed by atoms with Crippen molar-refractivity contribution in [3.8, 4) is 0 Å². The van der Waals surface area contributed by atoms with Gasteiger partial charge >= 0.3 is 0 Å². The fourth-order valence-electron chi connectivity index (χ4n) is 4.51. The maximum absolute atomic E-state index is 13.5. The number of hydrogen-bond donors (Lipinski definition) is 1. The molecule has 1 aliphatic carbocycles. The van der Waals surface area contributed by atoms with Crippen molar-refractivity contribution in [2.24, 2.45) is 0 Å². The number of nitrogens with one attached hydrogen (secondary N) is 1. The zero-order valence-electron chi connectivity index (χ0n) is 20.4. The van der Waals surface area contributed by atoms with Crippen LogP contribution in [0, 0.1) is 13.8 Å². The van der Waals surface area contributed by atoms with Crippen molar-refractivity contribution in [2.45, 2.75) is 57.3 Å². The number of ketones is 1. The highest BCUT2D eigenvalue weighted by atomic mass is 32.2. The van der Waals surface area contributed by atoms with Crippen LogP contribution in [0.5, 0.6) is 0 Å². The summed E-state index contributed by atoms with van der Waals surface area (Å²) in [5, 5.41) is 2.89. The number of aromatic nitrogens is 2. The summed E-state index contributed by atoms with van der Waals surface area (Å²) in [5.74, 6) is 0.497. The molecular weight excluding hydrogens is 462 g/mol. The molecule has 0 fully saturated rings. The van der Waals surface area contributed by atoms with Crippen LogP contribution in [0.4, 0.5) is 5.69 Å². The zero-order chi connectivity index (χ0) is 25.4. The molecule has 0 bridgehead atoms. The van der Waals surface area contributed by atoms with E-state index in [1.807, 2.05) is 32.9 Å². The zero-order valence-corrected chi connectivity index (χ0v) is 21.2. The highest BCUT2D eigenvalue weighted by molar-refractivity contribution is 7.91. The number of sulfone groups is 1. The van der Waals surface area contributed by atoms with Gasteiger partial charge in [0.15, 0.2) is 15.6 Å². The van der Waals surface area contributed by atoms with Crippen molar-refractivity contribution in [3.05, 3.63) is 82.4 Å². The maximum Gasteiger partial charge on any atom is 0.228 e. The molecule has 1 atom stereocenters. The Labute approximate surface area is 205 Å². The van der Waals surface area contributed by atoms with Gasteiger partial charge in [-0.3, -0.25) is 9.59 Å². The van der Waals surface area contributed by atoms with E-state index in [0.717, 1.165) is 22.5 Å². The number of amides is 1. The molecule has 0 spiro atoms. The van der Waals surface area contributed by atoms with Crippen LogP contribution >= 0.6 is 0 Å². The Hall–Kier alpha value is -3.39. The lowest BCUT2D eigenvalue weighted by Crippen LogP contribution is -2.38. The molecule has 1 aliphatic rings. The van der Waals surface area contributed by atoms with Crippen molar-refractivity contribution < 1.29 is 18.0 Å². The Morgan fingerprint density at radius 3 is 2.43 bits per heavy atom. The third-order valence-electron chi connectivity index (χ3n) is 6.59. The number of aryl methyl sites for hydroxylation is 3. The van der Waals surface area contributed by atoms with E-state index in [4.69, 9.17) is 0 Å². The summed E-state index contributed by atoms with van der Waals surface area (Å²) in [6, 6.07) is 13.6. The molecule has 1 amide bonds. The minimum atomic E-state index is -3.27. The average Bonchev–Trinajstić information content (AvgIpc) is 2.81. The minimum absolute atomic E-state index is 0.0243. The smallest absolute Gasteiger partial charge is 0.228 e. The highest BCUT2D eigenvalue weighted by Gasteiger charge is 2.41. The van der Waals surface area contributed by atoms with E-state index >= 15 is 0 Å². The van der Waals surface area contributed by atoms with E-state index in [1.54, 1.807) is 31.2 Å². The molecule has 1 heterocycles. The first-order chi connectivity index (χ1) is 16.5. The van der Waals surface area contributed by atoms with Crippen LogP contribution in [0.15, 0.2) is 53.4 Å². The SMILES string of the molecule is CCS(=O)(=O)c1ccc(CC(=O)Nc2ccc3c(c2)CCC(C)(c2cc(C)nc(C)n2)C3=O)cc1. The molecule has 0 radical (unpaired) electrons. The topological polar surface area (TPSA) is 106 Å². The number of fused-ring (bicyclic) bond motifs is 1. The molecule has 0 saturated carbocycles. The fraction of sp³-hybridized carbons (Fsp3) is 0.333. The van der Waals surface area contributed by atoms with Crippen molar-refractivity contribution in [1.29, 1.82) is 0 Å². The van der Waals surface area contributed by atoms with E-state index in [2.05, 4.69) is 15.3 Å². The van der Waals surface area contributed by atoms with Crippen molar-refractivity contribution in [2.75, 3.05) is 11.1 Å². The second-order valence-corrected chi connectivity index (χ2v) is 11.5. The lowest BCUT2D eigenvalue weighted by Gasteiger charge is -2.33. The van der Waals surface area contributed by atoms with Crippen LogP contribution < -0.4 is 5.32 Å². The number of carbonyl (C=O) groups excluding carboxylic acids is 2. The van der Waals surface area contributed by atoms with E-state index < -0.39 is 15.3 Å². The van der Waals surface area contributed by atoms with Crippen LogP contribution in [0.25, 0.3) is 0 Å². The molecule has 2 aromatic carbocycles. The molecule has 8 heteroatoms. The summed E-state index contributed by atoms with van der Waals surface area (Å²) < 4.78 is 23.9. The summed E-state index contributed by atoms with van der Waals surface area (Å²) in [6.07, 6.45) is 1.43. The molecular formula is C27H29N3O4S. The normalized spacial score (nSPS) is 17.7. The molecule has 4 rings (SSSR count). The molecule has 35 heavy (non-hydrogen) atoms. The van der Waals surface area contributed by atoms with Crippen LogP contribution in [-0.4, -0.2) is 35.8 Å². The molecule has 7 nitrogen and oxygen atoms in total. The standard InChI is InChI=1S/C27H29N3O4S/c1-5-35(33,34)22-9-6-19(7-10-22)15-25(31)30-21-8-11-23-20(16-21)12-13-27(4,26(23)32)24-14-17(2)28-18(3)29-24/h6-11,14,16H,5,12-13,15H2,1-4H3,(H,30,31). The summed E-state index contributed by atoms with van der Waals surface area (Å²) in [5.41, 5.74) is 3.77. The largest absolute Gasteiger partial charge is 0.326 e. The Bertz CT molecular complexity index is 1390. The number of benzene rings is 2. The summed E-state index contributed by atoms with van der Waals surface area (Å²) >= 11 is 0. The van der Waals surface area contributed by atoms with E-state index in [1.165, 1.54) is 12.1 Å². The van der Waals surface area contributed by atoms with Gasteiger partial charge in [-0.2, -0.15) is 0 Å². The fourth-order valence-corrected chi connectivity index (χ4v) is 5.40. The Morgan fingerprint density at radius 1 is 1.06 bits per heavy atom. The summed E-state index contributed by atoms with van der Waals surface area (Å²) in [6.45, 7) is 7.27. The Balaban J connectivity index is 1.48. The lowest BCUT2D eigenvalue weighted by molar-refractivity contribution is -0.115. The van der Waals surface area contributed by atoms with Gasteiger partial charge in [0, 0.05) is 16.9 Å². The van der Waals surface area contributed by atoms with Gasteiger partial charge in [-0.25, -0.2) is 18.4 Å². The third kappa shape index (κ3) is 5.03. The first-order valence-electron chi connectivity index (χ1n) is 11.6. The second-order valence-electron chi connectivity index (χ2n) is 9.25. The van der Waals surface area contributed by atoms with Crippen LogP contribution in [0.3, 0.4) is 0 Å². The predicted octanol–water partition coefficient (Wildman–Crippen LogP) is 4.16. The van der Waals surface area contributed by atoms with Gasteiger partial charge in [-0.1, -0.05) is 19.1 Å². The van der Waals surface area contributed by atoms with Crippen LogP contribution in [0.2, 0.25) is 0 Å². The molecule has 0 saturated heterocycles. The maximum atomic E-state index is 13.5. The molecule has 0 aliphatic heterocycles. The third-order valence-corrected chi connectivity index (χ3v) is 8.34. The van der Waals surface area contributed by atoms with Gasteiger partial charge in [0.2, 0.25) is 5.91 Å². The second kappa shape index (κ2) is 9.34. The minimum Gasteiger partial charge on any atom is -0.326 e. The monoisotopic (exact) mass is 491 g/mol. The number of hydrogen-bond acceptors (Lipinski definition) is 6. The molecule has 3 aromatic rings. The van der Waals surface area contributed by atoms with E-state index in [0.29, 0.717) is 29.9 Å². The molecule has 1 aromatic heterocycles. The first kappa shape index (κ1) is 24.7. The predicted molar refractivity (Wildman–Crippen MR) is 134 cm³/mol. The van der Waals surface area contributed by atoms with Gasteiger partial charge < -0.3 is 5.32 Å². The highest BCUT2D eigenvalue weighted by Crippen LogP contribution is 2.38. The Kier molecular flexibility index (Phi) is 6.60. The number of anilines is 1. The van der Waals surface area contributed by atoms with Gasteiger partial charge in [-0.15, -0.1) is 0 Å². The lowest BCUT2D eigenvalue weighted by atomic mass is 9.69. The van der Waals surface area contributed by atoms with Gasteiger partial charge in [0.25, 0.3) is 0 Å². The van der Waals surface area contributed by atoms with Crippen molar-refractivity contribution >= 4 is 27.2 Å². The number of rotatable bonds is 6. The number of carbonyl (C=O) groups is 2. The van der Waals surface area contributed by atoms with Crippen LogP contribution in [-0.2, 0) is 32.9 Å². The number of Topliss-reactive ketones (excluding diaryl/α,β-unsaturated/α-hetero) is 1.